The number of rotatable bonds is 4. The molecule has 1 atom stereocenters. The Hall–Kier alpha value is -1.33. The molecule has 1 unspecified atom stereocenters. The number of hydrogen-bond donors (Lipinski definition) is 1. The average Bonchev–Trinajstić information content (AvgIpc) is 2.96. The van der Waals surface area contributed by atoms with Crippen molar-refractivity contribution in [2.75, 3.05) is 20.3 Å². The zero-order valence-corrected chi connectivity index (χ0v) is 9.19. The molecule has 1 fully saturated rings. The van der Waals surface area contributed by atoms with Gasteiger partial charge in [-0.2, -0.15) is 0 Å². The van der Waals surface area contributed by atoms with Crippen LogP contribution in [0.15, 0.2) is 16.7 Å². The zero-order chi connectivity index (χ0) is 11.4. The fourth-order valence-electron chi connectivity index (χ4n) is 1.70. The van der Waals surface area contributed by atoms with Gasteiger partial charge in [0.2, 0.25) is 5.76 Å². The number of ether oxygens (including phenoxy) is 2. The Bertz CT molecular complexity index is 355. The Labute approximate surface area is 93.7 Å². The molecule has 0 bridgehead atoms. The molecule has 1 aliphatic rings. The van der Waals surface area contributed by atoms with Crippen LogP contribution in [0.1, 0.15) is 22.5 Å². The van der Waals surface area contributed by atoms with Crippen LogP contribution in [-0.4, -0.2) is 32.3 Å². The van der Waals surface area contributed by atoms with Crippen LogP contribution in [0.5, 0.6) is 0 Å². The molecule has 1 N–H and O–H groups in total. The van der Waals surface area contributed by atoms with Gasteiger partial charge in [-0.25, -0.2) is 4.79 Å². The topological polar surface area (TPSA) is 60.7 Å². The van der Waals surface area contributed by atoms with E-state index >= 15 is 0 Å². The number of methoxy groups -OCH3 is 1. The van der Waals surface area contributed by atoms with Gasteiger partial charge in [0.15, 0.2) is 0 Å². The lowest BCUT2D eigenvalue weighted by atomic mass is 10.2. The highest BCUT2D eigenvalue weighted by Gasteiger charge is 2.18. The van der Waals surface area contributed by atoms with E-state index in [-0.39, 0.29) is 5.76 Å². The van der Waals surface area contributed by atoms with Crippen LogP contribution >= 0.6 is 0 Å². The molecule has 2 rings (SSSR count). The van der Waals surface area contributed by atoms with Crippen LogP contribution < -0.4 is 5.32 Å². The summed E-state index contributed by atoms with van der Waals surface area (Å²) in [5, 5.41) is 3.31. The van der Waals surface area contributed by atoms with Crippen molar-refractivity contribution in [3.8, 4) is 0 Å². The van der Waals surface area contributed by atoms with Gasteiger partial charge in [0, 0.05) is 24.8 Å². The summed E-state index contributed by atoms with van der Waals surface area (Å²) in [6.45, 7) is 2.12. The molecule has 2 heterocycles. The lowest BCUT2D eigenvalue weighted by Crippen LogP contribution is -2.29. The molecule has 0 aromatic carbocycles. The van der Waals surface area contributed by atoms with Gasteiger partial charge in [0.25, 0.3) is 0 Å². The molecule has 1 aromatic heterocycles. The minimum absolute atomic E-state index is 0.272. The SMILES string of the molecule is COC(=O)c1occc1CNC1CCOC1. The first-order valence-corrected chi connectivity index (χ1v) is 5.27. The Morgan fingerprint density at radius 1 is 1.69 bits per heavy atom. The van der Waals surface area contributed by atoms with Gasteiger partial charge >= 0.3 is 5.97 Å². The normalized spacial score (nSPS) is 19.9. The van der Waals surface area contributed by atoms with Gasteiger partial charge in [-0.3, -0.25) is 0 Å². The third kappa shape index (κ3) is 2.43. The van der Waals surface area contributed by atoms with E-state index in [9.17, 15) is 4.79 Å². The second-order valence-corrected chi connectivity index (χ2v) is 3.71. The van der Waals surface area contributed by atoms with Gasteiger partial charge in [0.05, 0.1) is 20.0 Å². The zero-order valence-electron chi connectivity index (χ0n) is 9.19. The lowest BCUT2D eigenvalue weighted by molar-refractivity contribution is 0.0563. The predicted octanol–water partition coefficient (Wildman–Crippen LogP) is 0.945. The molecule has 1 aromatic rings. The summed E-state index contributed by atoms with van der Waals surface area (Å²) in [6, 6.07) is 2.13. The summed E-state index contributed by atoms with van der Waals surface area (Å²) in [5.74, 6) is -0.168. The molecule has 0 aliphatic carbocycles. The highest BCUT2D eigenvalue weighted by molar-refractivity contribution is 5.87. The summed E-state index contributed by atoms with van der Waals surface area (Å²) in [4.78, 5) is 11.3. The van der Waals surface area contributed by atoms with Crippen LogP contribution in [0.4, 0.5) is 0 Å². The van der Waals surface area contributed by atoms with Crippen LogP contribution in [0.25, 0.3) is 0 Å². The van der Waals surface area contributed by atoms with Gasteiger partial charge < -0.3 is 19.2 Å². The van der Waals surface area contributed by atoms with Gasteiger partial charge in [-0.1, -0.05) is 0 Å². The highest BCUT2D eigenvalue weighted by atomic mass is 16.5. The van der Waals surface area contributed by atoms with Crippen LogP contribution in [0.2, 0.25) is 0 Å². The van der Waals surface area contributed by atoms with Crippen molar-refractivity contribution in [3.63, 3.8) is 0 Å². The minimum atomic E-state index is -0.440. The second-order valence-electron chi connectivity index (χ2n) is 3.71. The Morgan fingerprint density at radius 3 is 3.25 bits per heavy atom. The van der Waals surface area contributed by atoms with Crippen molar-refractivity contribution >= 4 is 5.97 Å². The quantitative estimate of drug-likeness (QED) is 0.773. The molecule has 0 saturated carbocycles. The van der Waals surface area contributed by atoms with Gasteiger partial charge in [-0.15, -0.1) is 0 Å². The molecule has 5 heteroatoms. The maximum atomic E-state index is 11.3. The van der Waals surface area contributed by atoms with Crippen molar-refractivity contribution in [1.82, 2.24) is 5.32 Å². The summed E-state index contributed by atoms with van der Waals surface area (Å²) in [5.41, 5.74) is 0.818. The van der Waals surface area contributed by atoms with E-state index in [0.717, 1.165) is 25.2 Å². The van der Waals surface area contributed by atoms with Crippen molar-refractivity contribution in [1.29, 1.82) is 0 Å². The standard InChI is InChI=1S/C11H15NO4/c1-14-11(13)10-8(2-5-16-10)6-12-9-3-4-15-7-9/h2,5,9,12H,3-4,6-7H2,1H3. The number of esters is 1. The fourth-order valence-corrected chi connectivity index (χ4v) is 1.70. The second kappa shape index (κ2) is 5.14. The monoisotopic (exact) mass is 225 g/mol. The molecule has 16 heavy (non-hydrogen) atoms. The predicted molar refractivity (Wildman–Crippen MR) is 56.1 cm³/mol. The van der Waals surface area contributed by atoms with Crippen molar-refractivity contribution in [3.05, 3.63) is 23.7 Å². The molecule has 0 amide bonds. The Morgan fingerprint density at radius 2 is 2.56 bits per heavy atom. The van der Waals surface area contributed by atoms with Gasteiger partial charge in [-0.05, 0) is 12.5 Å². The molecule has 0 radical (unpaired) electrons. The smallest absolute Gasteiger partial charge is 0.374 e. The van der Waals surface area contributed by atoms with E-state index in [2.05, 4.69) is 10.1 Å². The molecular weight excluding hydrogens is 210 g/mol. The fraction of sp³-hybridized carbons (Fsp3) is 0.545. The number of furan rings is 1. The first-order valence-electron chi connectivity index (χ1n) is 5.27. The third-order valence-electron chi connectivity index (χ3n) is 2.63. The van der Waals surface area contributed by atoms with Gasteiger partial charge in [0.1, 0.15) is 0 Å². The van der Waals surface area contributed by atoms with E-state index < -0.39 is 5.97 Å². The minimum Gasteiger partial charge on any atom is -0.463 e. The summed E-state index contributed by atoms with van der Waals surface area (Å²) < 4.78 is 15.0. The number of nitrogens with one attached hydrogen (secondary N) is 1. The first-order chi connectivity index (χ1) is 7.81. The van der Waals surface area contributed by atoms with Crippen LogP contribution in [0, 0.1) is 0 Å². The summed E-state index contributed by atoms with van der Waals surface area (Å²) >= 11 is 0. The molecule has 0 spiro atoms. The van der Waals surface area contributed by atoms with E-state index in [1.807, 2.05) is 0 Å². The summed E-state index contributed by atoms with van der Waals surface area (Å²) in [7, 11) is 1.34. The van der Waals surface area contributed by atoms with Crippen molar-refractivity contribution < 1.29 is 18.7 Å². The van der Waals surface area contributed by atoms with E-state index in [0.29, 0.717) is 12.6 Å². The molecule has 88 valence electrons. The highest BCUT2D eigenvalue weighted by Crippen LogP contribution is 2.13. The van der Waals surface area contributed by atoms with Crippen LogP contribution in [0.3, 0.4) is 0 Å². The lowest BCUT2D eigenvalue weighted by Gasteiger charge is -2.09. The molecule has 1 aliphatic heterocycles. The van der Waals surface area contributed by atoms with Crippen molar-refractivity contribution in [2.45, 2.75) is 19.0 Å². The Balaban J connectivity index is 1.93. The van der Waals surface area contributed by atoms with Crippen molar-refractivity contribution in [2.24, 2.45) is 0 Å². The number of hydrogen-bond acceptors (Lipinski definition) is 5. The van der Waals surface area contributed by atoms with Crippen LogP contribution in [-0.2, 0) is 16.0 Å². The number of carbonyl (C=O) groups is 1. The summed E-state index contributed by atoms with van der Waals surface area (Å²) in [6.07, 6.45) is 2.50. The Kier molecular flexibility index (Phi) is 3.58. The van der Waals surface area contributed by atoms with E-state index in [4.69, 9.17) is 9.15 Å². The van der Waals surface area contributed by atoms with E-state index in [1.54, 1.807) is 6.07 Å². The maximum absolute atomic E-state index is 11.3. The molecule has 5 nitrogen and oxygen atoms in total. The molecular formula is C11H15NO4. The average molecular weight is 225 g/mol. The molecule has 1 saturated heterocycles. The maximum Gasteiger partial charge on any atom is 0.374 e. The van der Waals surface area contributed by atoms with E-state index in [1.165, 1.54) is 13.4 Å². The third-order valence-corrected chi connectivity index (χ3v) is 2.63. The first kappa shape index (κ1) is 11.2. The number of carbonyl (C=O) groups excluding carboxylic acids is 1. The largest absolute Gasteiger partial charge is 0.463 e.